The van der Waals surface area contributed by atoms with Crippen LogP contribution in [0.15, 0.2) is 12.4 Å². The molecule has 1 aromatic heterocycles. The lowest BCUT2D eigenvalue weighted by atomic mass is 9.75. The number of anilines is 1. The van der Waals surface area contributed by atoms with Gasteiger partial charge in [-0.15, -0.1) is 0 Å². The molecule has 0 aliphatic heterocycles. The molecule has 1 heterocycles. The summed E-state index contributed by atoms with van der Waals surface area (Å²) in [7, 11) is 0. The minimum Gasteiger partial charge on any atom is -0.476 e. The highest BCUT2D eigenvalue weighted by atomic mass is 16.4. The fourth-order valence-electron chi connectivity index (χ4n) is 1.97. The molecular formula is C11H15N3O2. The van der Waals surface area contributed by atoms with Gasteiger partial charge in [-0.05, 0) is 25.7 Å². The Morgan fingerprint density at radius 2 is 2.31 bits per heavy atom. The first-order valence-electron chi connectivity index (χ1n) is 5.49. The lowest BCUT2D eigenvalue weighted by Gasteiger charge is -2.42. The maximum atomic E-state index is 10.7. The normalized spacial score (nSPS) is 17.6. The van der Waals surface area contributed by atoms with Crippen LogP contribution in [0, 0.1) is 0 Å². The zero-order chi connectivity index (χ0) is 11.6. The zero-order valence-corrected chi connectivity index (χ0v) is 9.23. The number of rotatable bonds is 4. The Morgan fingerprint density at radius 3 is 2.81 bits per heavy atom. The van der Waals surface area contributed by atoms with Gasteiger partial charge in [-0.3, -0.25) is 4.98 Å². The third-order valence-electron chi connectivity index (χ3n) is 3.23. The molecule has 0 atom stereocenters. The number of nitrogens with zero attached hydrogens (tertiary/aromatic N) is 2. The number of nitrogens with one attached hydrogen (secondary N) is 1. The quantitative estimate of drug-likeness (QED) is 0.812. The Labute approximate surface area is 93.9 Å². The van der Waals surface area contributed by atoms with E-state index in [1.807, 2.05) is 0 Å². The van der Waals surface area contributed by atoms with Gasteiger partial charge >= 0.3 is 5.97 Å². The Balaban J connectivity index is 2.15. The summed E-state index contributed by atoms with van der Waals surface area (Å²) >= 11 is 0. The second-order valence-electron chi connectivity index (χ2n) is 4.21. The predicted molar refractivity (Wildman–Crippen MR) is 59.5 cm³/mol. The van der Waals surface area contributed by atoms with Gasteiger partial charge in [0.15, 0.2) is 5.69 Å². The van der Waals surface area contributed by atoms with E-state index in [1.54, 1.807) is 6.20 Å². The molecule has 1 aliphatic carbocycles. The van der Waals surface area contributed by atoms with Crippen molar-refractivity contribution in [3.8, 4) is 0 Å². The third kappa shape index (κ3) is 1.98. The first kappa shape index (κ1) is 10.9. The van der Waals surface area contributed by atoms with Crippen LogP contribution in [-0.4, -0.2) is 26.6 Å². The summed E-state index contributed by atoms with van der Waals surface area (Å²) in [4.78, 5) is 18.6. The SMILES string of the molecule is CCC1(Nc2cncc(C(=O)O)n2)CCC1. The van der Waals surface area contributed by atoms with E-state index in [0.29, 0.717) is 5.82 Å². The highest BCUT2D eigenvalue weighted by Gasteiger charge is 2.35. The van der Waals surface area contributed by atoms with Crippen LogP contribution in [0.3, 0.4) is 0 Å². The average Bonchev–Trinajstić information content (AvgIpc) is 2.24. The van der Waals surface area contributed by atoms with E-state index < -0.39 is 5.97 Å². The summed E-state index contributed by atoms with van der Waals surface area (Å²) < 4.78 is 0. The molecule has 0 bridgehead atoms. The van der Waals surface area contributed by atoms with Crippen LogP contribution >= 0.6 is 0 Å². The van der Waals surface area contributed by atoms with E-state index in [9.17, 15) is 4.79 Å². The van der Waals surface area contributed by atoms with Gasteiger partial charge in [-0.2, -0.15) is 0 Å². The van der Waals surface area contributed by atoms with Gasteiger partial charge in [0.1, 0.15) is 5.82 Å². The Bertz CT molecular complexity index is 396. The maximum absolute atomic E-state index is 10.7. The van der Waals surface area contributed by atoms with E-state index in [0.717, 1.165) is 19.3 Å². The van der Waals surface area contributed by atoms with Crippen molar-refractivity contribution in [1.82, 2.24) is 9.97 Å². The maximum Gasteiger partial charge on any atom is 0.356 e. The lowest BCUT2D eigenvalue weighted by molar-refractivity contribution is 0.0690. The molecule has 0 amide bonds. The summed E-state index contributed by atoms with van der Waals surface area (Å²) in [5.74, 6) is -0.489. The number of hydrogen-bond donors (Lipinski definition) is 2. The smallest absolute Gasteiger partial charge is 0.356 e. The second-order valence-corrected chi connectivity index (χ2v) is 4.21. The molecule has 1 aliphatic rings. The van der Waals surface area contributed by atoms with Crippen LogP contribution in [0.25, 0.3) is 0 Å². The van der Waals surface area contributed by atoms with E-state index in [4.69, 9.17) is 5.11 Å². The fraction of sp³-hybridized carbons (Fsp3) is 0.545. The predicted octanol–water partition coefficient (Wildman–Crippen LogP) is 1.92. The molecule has 2 N–H and O–H groups in total. The molecule has 0 spiro atoms. The molecule has 0 aromatic carbocycles. The molecule has 2 rings (SSSR count). The monoisotopic (exact) mass is 221 g/mol. The van der Waals surface area contributed by atoms with Gasteiger partial charge in [-0.25, -0.2) is 9.78 Å². The summed E-state index contributed by atoms with van der Waals surface area (Å²) in [6.45, 7) is 2.13. The standard InChI is InChI=1S/C11H15N3O2/c1-2-11(4-3-5-11)14-9-7-12-6-8(13-9)10(15)16/h6-7H,2-5H2,1H3,(H,13,14)(H,15,16). The Morgan fingerprint density at radius 1 is 1.56 bits per heavy atom. The minimum atomic E-state index is -1.05. The van der Waals surface area contributed by atoms with Crippen LogP contribution in [-0.2, 0) is 0 Å². The van der Waals surface area contributed by atoms with Gasteiger partial charge in [0, 0.05) is 5.54 Å². The lowest BCUT2D eigenvalue weighted by Crippen LogP contribution is -2.44. The topological polar surface area (TPSA) is 75.1 Å². The summed E-state index contributed by atoms with van der Waals surface area (Å²) in [5, 5.41) is 12.1. The van der Waals surface area contributed by atoms with Crippen LogP contribution in [0.2, 0.25) is 0 Å². The van der Waals surface area contributed by atoms with Crippen molar-refractivity contribution in [1.29, 1.82) is 0 Å². The molecule has 16 heavy (non-hydrogen) atoms. The van der Waals surface area contributed by atoms with Crippen molar-refractivity contribution in [3.63, 3.8) is 0 Å². The largest absolute Gasteiger partial charge is 0.476 e. The molecule has 1 aromatic rings. The first-order valence-corrected chi connectivity index (χ1v) is 5.49. The number of carbonyl (C=O) groups is 1. The highest BCUT2D eigenvalue weighted by Crippen LogP contribution is 2.37. The average molecular weight is 221 g/mol. The number of aromatic carboxylic acids is 1. The van der Waals surface area contributed by atoms with E-state index >= 15 is 0 Å². The van der Waals surface area contributed by atoms with Crippen LogP contribution < -0.4 is 5.32 Å². The van der Waals surface area contributed by atoms with Gasteiger partial charge in [0.2, 0.25) is 0 Å². The first-order chi connectivity index (χ1) is 7.65. The van der Waals surface area contributed by atoms with Gasteiger partial charge in [0.05, 0.1) is 12.4 Å². The molecule has 86 valence electrons. The van der Waals surface area contributed by atoms with Crippen LogP contribution in [0.4, 0.5) is 5.82 Å². The van der Waals surface area contributed by atoms with Gasteiger partial charge < -0.3 is 10.4 Å². The van der Waals surface area contributed by atoms with Crippen molar-refractivity contribution in [2.45, 2.75) is 38.1 Å². The fourth-order valence-corrected chi connectivity index (χ4v) is 1.97. The zero-order valence-electron chi connectivity index (χ0n) is 9.23. The summed E-state index contributed by atoms with van der Waals surface area (Å²) in [6, 6.07) is 0. The highest BCUT2D eigenvalue weighted by molar-refractivity contribution is 5.85. The number of carboxylic acid groups (broad SMARTS) is 1. The Kier molecular flexibility index (Phi) is 2.77. The molecule has 5 nitrogen and oxygen atoms in total. The Hall–Kier alpha value is -1.65. The molecule has 0 saturated heterocycles. The van der Waals surface area contributed by atoms with Gasteiger partial charge in [-0.1, -0.05) is 6.92 Å². The summed E-state index contributed by atoms with van der Waals surface area (Å²) in [6.07, 6.45) is 7.29. The molecule has 1 saturated carbocycles. The van der Waals surface area contributed by atoms with E-state index in [-0.39, 0.29) is 11.2 Å². The van der Waals surface area contributed by atoms with E-state index in [1.165, 1.54) is 12.6 Å². The van der Waals surface area contributed by atoms with Crippen LogP contribution in [0.1, 0.15) is 43.1 Å². The van der Waals surface area contributed by atoms with E-state index in [2.05, 4.69) is 22.2 Å². The number of carboxylic acids is 1. The van der Waals surface area contributed by atoms with Crippen LogP contribution in [0.5, 0.6) is 0 Å². The molecular weight excluding hydrogens is 206 g/mol. The third-order valence-corrected chi connectivity index (χ3v) is 3.23. The van der Waals surface area contributed by atoms with Crippen molar-refractivity contribution in [2.24, 2.45) is 0 Å². The molecule has 0 unspecified atom stereocenters. The molecule has 0 radical (unpaired) electrons. The molecule has 1 fully saturated rings. The van der Waals surface area contributed by atoms with Crippen molar-refractivity contribution >= 4 is 11.8 Å². The van der Waals surface area contributed by atoms with Crippen molar-refractivity contribution in [3.05, 3.63) is 18.1 Å². The van der Waals surface area contributed by atoms with Crippen molar-refractivity contribution < 1.29 is 9.90 Å². The molecule has 5 heteroatoms. The number of aromatic nitrogens is 2. The van der Waals surface area contributed by atoms with Gasteiger partial charge in [0.25, 0.3) is 0 Å². The van der Waals surface area contributed by atoms with Crippen molar-refractivity contribution in [2.75, 3.05) is 5.32 Å². The minimum absolute atomic E-state index is 0.0180. The summed E-state index contributed by atoms with van der Waals surface area (Å²) in [5.41, 5.74) is 0.0850. The second kappa shape index (κ2) is 4.08. The number of hydrogen-bond acceptors (Lipinski definition) is 4.